The van der Waals surface area contributed by atoms with Crippen molar-refractivity contribution in [3.05, 3.63) is 36.0 Å². The van der Waals surface area contributed by atoms with Gasteiger partial charge in [-0.05, 0) is 45.2 Å². The van der Waals surface area contributed by atoms with Crippen LogP contribution in [0, 0.1) is 5.92 Å². The van der Waals surface area contributed by atoms with Gasteiger partial charge in [0.1, 0.15) is 11.6 Å². The number of hydrogen-bond acceptors (Lipinski definition) is 5. The molecule has 0 radical (unpaired) electrons. The summed E-state index contributed by atoms with van der Waals surface area (Å²) >= 11 is 0. The first-order chi connectivity index (χ1) is 13.2. The van der Waals surface area contributed by atoms with Gasteiger partial charge in [0.25, 0.3) is 0 Å². The Hall–Kier alpha value is -2.83. The first-order valence-electron chi connectivity index (χ1n) is 9.40. The van der Waals surface area contributed by atoms with Crippen molar-refractivity contribution < 1.29 is 23.9 Å². The van der Waals surface area contributed by atoms with E-state index in [0.717, 1.165) is 23.8 Å². The Morgan fingerprint density at radius 1 is 1.21 bits per heavy atom. The molecule has 1 saturated carbocycles. The highest BCUT2D eigenvalue weighted by molar-refractivity contribution is 5.93. The van der Waals surface area contributed by atoms with Crippen LogP contribution in [0.15, 0.2) is 30.5 Å². The van der Waals surface area contributed by atoms with Crippen LogP contribution < -0.4 is 5.32 Å². The quantitative estimate of drug-likeness (QED) is 0.798. The highest BCUT2D eigenvalue weighted by atomic mass is 16.6. The molecule has 1 aromatic heterocycles. The van der Waals surface area contributed by atoms with Crippen molar-refractivity contribution in [1.82, 2.24) is 9.88 Å². The molecule has 0 bridgehead atoms. The predicted molar refractivity (Wildman–Crippen MR) is 104 cm³/mol. The fourth-order valence-electron chi connectivity index (χ4n) is 3.07. The van der Waals surface area contributed by atoms with Gasteiger partial charge in [-0.3, -0.25) is 9.36 Å². The zero-order valence-electron chi connectivity index (χ0n) is 16.7. The molecule has 150 valence electrons. The lowest BCUT2D eigenvalue weighted by atomic mass is 10.0. The Labute approximate surface area is 164 Å². The molecule has 0 spiro atoms. The fourth-order valence-corrected chi connectivity index (χ4v) is 3.07. The van der Waals surface area contributed by atoms with E-state index in [2.05, 4.69) is 5.32 Å². The molecule has 1 amide bonds. The molecule has 1 aliphatic carbocycles. The highest BCUT2D eigenvalue weighted by Gasteiger charge is 2.33. The molecule has 7 heteroatoms. The summed E-state index contributed by atoms with van der Waals surface area (Å²) in [6.45, 7) is 5.41. The Kier molecular flexibility index (Phi) is 5.45. The summed E-state index contributed by atoms with van der Waals surface area (Å²) in [5.41, 5.74) is 0.812. The molecule has 0 aliphatic heterocycles. The molecule has 1 N–H and O–H groups in total. The van der Waals surface area contributed by atoms with E-state index >= 15 is 0 Å². The number of carbonyl (C=O) groups is 3. The van der Waals surface area contributed by atoms with E-state index in [1.807, 2.05) is 24.3 Å². The zero-order chi connectivity index (χ0) is 20.5. The lowest BCUT2D eigenvalue weighted by Crippen LogP contribution is -2.43. The topological polar surface area (TPSA) is 86.6 Å². The van der Waals surface area contributed by atoms with Crippen LogP contribution in [-0.2, 0) is 25.5 Å². The van der Waals surface area contributed by atoms with Crippen molar-refractivity contribution in [1.29, 1.82) is 0 Å². The summed E-state index contributed by atoms with van der Waals surface area (Å²) in [4.78, 5) is 37.0. The number of aromatic nitrogens is 1. The summed E-state index contributed by atoms with van der Waals surface area (Å²) in [6, 6.07) is 6.58. The van der Waals surface area contributed by atoms with E-state index in [9.17, 15) is 14.4 Å². The number of carbonyl (C=O) groups excluding carboxylic acids is 3. The number of methoxy groups -OCH3 is 1. The minimum absolute atomic E-state index is 0.0183. The van der Waals surface area contributed by atoms with E-state index in [1.54, 1.807) is 27.0 Å². The number of nitrogens with one attached hydrogen (secondary N) is 1. The van der Waals surface area contributed by atoms with Gasteiger partial charge in [-0.2, -0.15) is 0 Å². The smallest absolute Gasteiger partial charge is 0.419 e. The third-order valence-corrected chi connectivity index (χ3v) is 4.56. The summed E-state index contributed by atoms with van der Waals surface area (Å²) in [5.74, 6) is -0.662. The molecule has 1 atom stereocenters. The van der Waals surface area contributed by atoms with Crippen LogP contribution in [0.25, 0.3) is 10.9 Å². The van der Waals surface area contributed by atoms with E-state index in [1.165, 1.54) is 11.7 Å². The normalized spacial score (nSPS) is 15.1. The fraction of sp³-hybridized carbons (Fsp3) is 0.476. The van der Waals surface area contributed by atoms with Crippen molar-refractivity contribution in [3.63, 3.8) is 0 Å². The average Bonchev–Trinajstić information content (AvgIpc) is 3.42. The molecule has 0 unspecified atom stereocenters. The third kappa shape index (κ3) is 4.52. The maximum Gasteiger partial charge on any atom is 0.419 e. The Morgan fingerprint density at radius 2 is 1.89 bits per heavy atom. The molecular formula is C21H26N2O5. The minimum Gasteiger partial charge on any atom is -0.467 e. The second-order valence-electron chi connectivity index (χ2n) is 8.08. The number of ether oxygens (including phenoxy) is 2. The SMILES string of the molecule is COC(=O)[C@H](Cc1cn(C(=O)OC(C)(C)C)c2ccccc12)NC(=O)C1CC1. The van der Waals surface area contributed by atoms with Gasteiger partial charge in [-0.15, -0.1) is 0 Å². The van der Waals surface area contributed by atoms with Crippen molar-refractivity contribution in [2.45, 2.75) is 51.7 Å². The van der Waals surface area contributed by atoms with E-state index in [0.29, 0.717) is 5.52 Å². The molecule has 1 heterocycles. The van der Waals surface area contributed by atoms with Crippen LogP contribution in [0.3, 0.4) is 0 Å². The number of nitrogens with zero attached hydrogens (tertiary/aromatic N) is 1. The van der Waals surface area contributed by atoms with Crippen LogP contribution in [0.4, 0.5) is 4.79 Å². The van der Waals surface area contributed by atoms with E-state index < -0.39 is 23.7 Å². The number of benzene rings is 1. The summed E-state index contributed by atoms with van der Waals surface area (Å²) in [5, 5.41) is 3.60. The largest absolute Gasteiger partial charge is 0.467 e. The molecule has 7 nitrogen and oxygen atoms in total. The number of fused-ring (bicyclic) bond motifs is 1. The van der Waals surface area contributed by atoms with Gasteiger partial charge < -0.3 is 14.8 Å². The maximum absolute atomic E-state index is 12.6. The second kappa shape index (κ2) is 7.66. The summed E-state index contributed by atoms with van der Waals surface area (Å²) in [6.07, 6.45) is 3.08. The number of hydrogen-bond donors (Lipinski definition) is 1. The maximum atomic E-state index is 12.6. The van der Waals surface area contributed by atoms with Crippen LogP contribution in [-0.4, -0.2) is 41.3 Å². The predicted octanol–water partition coefficient (Wildman–Crippen LogP) is 3.03. The standard InChI is InChI=1S/C21H26N2O5/c1-21(2,3)28-20(26)23-12-14(15-7-5-6-8-17(15)23)11-16(19(25)27-4)22-18(24)13-9-10-13/h5-8,12-13,16H,9-11H2,1-4H3,(H,22,24)/t16-/m0/s1. The Morgan fingerprint density at radius 3 is 2.50 bits per heavy atom. The number of amides is 1. The second-order valence-corrected chi connectivity index (χ2v) is 8.08. The van der Waals surface area contributed by atoms with E-state index in [4.69, 9.17) is 9.47 Å². The van der Waals surface area contributed by atoms with Gasteiger partial charge in [0.05, 0.1) is 12.6 Å². The number of para-hydroxylation sites is 1. The molecule has 1 aliphatic rings. The number of esters is 1. The van der Waals surface area contributed by atoms with Crippen molar-refractivity contribution in [2.75, 3.05) is 7.11 Å². The minimum atomic E-state index is -0.809. The first-order valence-corrected chi connectivity index (χ1v) is 9.40. The van der Waals surface area contributed by atoms with Crippen LogP contribution in [0.5, 0.6) is 0 Å². The molecule has 28 heavy (non-hydrogen) atoms. The van der Waals surface area contributed by atoms with Crippen molar-refractivity contribution in [2.24, 2.45) is 5.92 Å². The molecule has 1 fully saturated rings. The molecule has 1 aromatic carbocycles. The van der Waals surface area contributed by atoms with Crippen LogP contribution >= 0.6 is 0 Å². The summed E-state index contributed by atoms with van der Waals surface area (Å²) in [7, 11) is 1.29. The highest BCUT2D eigenvalue weighted by Crippen LogP contribution is 2.29. The van der Waals surface area contributed by atoms with Gasteiger partial charge in [0.15, 0.2) is 0 Å². The average molecular weight is 386 g/mol. The van der Waals surface area contributed by atoms with Gasteiger partial charge in [-0.1, -0.05) is 18.2 Å². The van der Waals surface area contributed by atoms with E-state index in [-0.39, 0.29) is 18.2 Å². The van der Waals surface area contributed by atoms with Crippen LogP contribution in [0.2, 0.25) is 0 Å². The number of rotatable bonds is 5. The molecule has 0 saturated heterocycles. The van der Waals surface area contributed by atoms with Gasteiger partial charge in [0.2, 0.25) is 5.91 Å². The molecular weight excluding hydrogens is 360 g/mol. The Balaban J connectivity index is 1.91. The van der Waals surface area contributed by atoms with Gasteiger partial charge >= 0.3 is 12.1 Å². The van der Waals surface area contributed by atoms with Gasteiger partial charge in [0, 0.05) is 23.9 Å². The van der Waals surface area contributed by atoms with Crippen molar-refractivity contribution in [3.8, 4) is 0 Å². The third-order valence-electron chi connectivity index (χ3n) is 4.56. The zero-order valence-corrected chi connectivity index (χ0v) is 16.7. The first kappa shape index (κ1) is 19.9. The lowest BCUT2D eigenvalue weighted by Gasteiger charge is -2.19. The summed E-state index contributed by atoms with van der Waals surface area (Å²) < 4.78 is 11.8. The monoisotopic (exact) mass is 386 g/mol. The van der Waals surface area contributed by atoms with Crippen molar-refractivity contribution >= 4 is 28.9 Å². The van der Waals surface area contributed by atoms with Crippen LogP contribution in [0.1, 0.15) is 39.2 Å². The Bertz CT molecular complexity index is 905. The molecule has 3 rings (SSSR count). The van der Waals surface area contributed by atoms with Gasteiger partial charge in [-0.25, -0.2) is 9.59 Å². The lowest BCUT2D eigenvalue weighted by molar-refractivity contribution is -0.145. The molecule has 2 aromatic rings.